The topological polar surface area (TPSA) is 44.5 Å². The molecule has 0 saturated heterocycles. The Balaban J connectivity index is 1.80. The van der Waals surface area contributed by atoms with Gasteiger partial charge in [0.15, 0.2) is 0 Å². The smallest absolute Gasteiger partial charge is 0.122 e. The molecule has 2 N–H and O–H groups in total. The Morgan fingerprint density at radius 3 is 1.95 bits per heavy atom. The Bertz CT molecular complexity index is 603. The Morgan fingerprint density at radius 1 is 0.905 bits per heavy atom. The molecule has 0 unspecified atom stereocenters. The number of nitrogens with two attached hydrogens (primary N) is 1. The van der Waals surface area contributed by atoms with Crippen molar-refractivity contribution in [2.24, 2.45) is 5.73 Å². The van der Waals surface area contributed by atoms with E-state index in [2.05, 4.69) is 19.9 Å². The molecule has 3 nitrogen and oxygen atoms in total. The van der Waals surface area contributed by atoms with E-state index in [0.717, 1.165) is 17.1 Å². The predicted octanol–water partition coefficient (Wildman–Crippen LogP) is 3.40. The molecule has 0 aliphatic heterocycles. The largest absolute Gasteiger partial charge is 0.490 e. The van der Waals surface area contributed by atoms with Crippen molar-refractivity contribution in [3.05, 3.63) is 59.2 Å². The second-order valence-electron chi connectivity index (χ2n) is 4.91. The summed E-state index contributed by atoms with van der Waals surface area (Å²) in [5, 5.41) is 0. The summed E-state index contributed by atoms with van der Waals surface area (Å²) in [7, 11) is 0. The van der Waals surface area contributed by atoms with Crippen LogP contribution >= 0.6 is 12.2 Å². The monoisotopic (exact) mass is 301 g/mol. The molecule has 2 aromatic carbocycles. The average molecular weight is 301 g/mol. The first kappa shape index (κ1) is 15.3. The zero-order valence-corrected chi connectivity index (χ0v) is 13.1. The van der Waals surface area contributed by atoms with E-state index >= 15 is 0 Å². The number of thiocarbonyl (C=S) groups is 1. The maximum atomic E-state index is 5.69. The third-order valence-electron chi connectivity index (χ3n) is 2.95. The molecular formula is C17H19NO2S. The Kier molecular flexibility index (Phi) is 5.17. The molecule has 0 aromatic heterocycles. The summed E-state index contributed by atoms with van der Waals surface area (Å²) in [6, 6.07) is 13.6. The summed E-state index contributed by atoms with van der Waals surface area (Å²) >= 11 is 4.90. The van der Waals surface area contributed by atoms with E-state index in [-0.39, 0.29) is 0 Å². The highest BCUT2D eigenvalue weighted by Crippen LogP contribution is 2.16. The van der Waals surface area contributed by atoms with Crippen LogP contribution in [0, 0.1) is 13.8 Å². The fourth-order valence-corrected chi connectivity index (χ4v) is 2.19. The summed E-state index contributed by atoms with van der Waals surface area (Å²) in [5.74, 6) is 1.65. The van der Waals surface area contributed by atoms with Crippen molar-refractivity contribution in [1.82, 2.24) is 0 Å². The van der Waals surface area contributed by atoms with Gasteiger partial charge in [0.1, 0.15) is 29.7 Å². The lowest BCUT2D eigenvalue weighted by atomic mass is 10.1. The predicted molar refractivity (Wildman–Crippen MR) is 89.2 cm³/mol. The standard InChI is InChI=1S/C17H19NO2S/c1-12-9-13(2)11-16(10-12)20-8-7-19-15-5-3-14(4-6-15)17(18)21/h3-6,9-11H,7-8H2,1-2H3,(H2,18,21). The Morgan fingerprint density at radius 2 is 1.43 bits per heavy atom. The highest BCUT2D eigenvalue weighted by molar-refractivity contribution is 7.80. The minimum atomic E-state index is 0.389. The van der Waals surface area contributed by atoms with Crippen molar-refractivity contribution < 1.29 is 9.47 Å². The molecule has 0 atom stereocenters. The van der Waals surface area contributed by atoms with Crippen LogP contribution in [0.5, 0.6) is 11.5 Å². The van der Waals surface area contributed by atoms with Crippen LogP contribution in [0.3, 0.4) is 0 Å². The van der Waals surface area contributed by atoms with Gasteiger partial charge in [0.05, 0.1) is 0 Å². The van der Waals surface area contributed by atoms with Crippen molar-refractivity contribution >= 4 is 17.2 Å². The van der Waals surface area contributed by atoms with Gasteiger partial charge < -0.3 is 15.2 Å². The van der Waals surface area contributed by atoms with Crippen LogP contribution < -0.4 is 15.2 Å². The summed E-state index contributed by atoms with van der Waals surface area (Å²) in [5.41, 5.74) is 8.77. The molecule has 0 fully saturated rings. The molecule has 0 heterocycles. The first-order valence-corrected chi connectivity index (χ1v) is 7.19. The minimum absolute atomic E-state index is 0.389. The molecule has 0 bridgehead atoms. The van der Waals surface area contributed by atoms with Crippen LogP contribution in [0.2, 0.25) is 0 Å². The molecule has 2 rings (SSSR count). The van der Waals surface area contributed by atoms with Crippen molar-refractivity contribution in [3.8, 4) is 11.5 Å². The van der Waals surface area contributed by atoms with E-state index < -0.39 is 0 Å². The highest BCUT2D eigenvalue weighted by Gasteiger charge is 1.99. The number of hydrogen-bond donors (Lipinski definition) is 1. The lowest BCUT2D eigenvalue weighted by molar-refractivity contribution is 0.217. The van der Waals surface area contributed by atoms with Gasteiger partial charge in [-0.2, -0.15) is 0 Å². The number of ether oxygens (including phenoxy) is 2. The van der Waals surface area contributed by atoms with Crippen LogP contribution in [-0.2, 0) is 0 Å². The summed E-state index contributed by atoms with van der Waals surface area (Å²) in [6.45, 7) is 5.10. The molecule has 0 aliphatic rings. The lowest BCUT2D eigenvalue weighted by Gasteiger charge is -2.10. The van der Waals surface area contributed by atoms with Crippen LogP contribution in [0.1, 0.15) is 16.7 Å². The second kappa shape index (κ2) is 7.09. The van der Waals surface area contributed by atoms with Gasteiger partial charge in [-0.05, 0) is 61.4 Å². The zero-order valence-electron chi connectivity index (χ0n) is 12.3. The third-order valence-corrected chi connectivity index (χ3v) is 3.19. The molecule has 0 aliphatic carbocycles. The molecular weight excluding hydrogens is 282 g/mol. The first-order valence-electron chi connectivity index (χ1n) is 6.78. The number of hydrogen-bond acceptors (Lipinski definition) is 3. The second-order valence-corrected chi connectivity index (χ2v) is 5.35. The van der Waals surface area contributed by atoms with Crippen LogP contribution in [0.4, 0.5) is 0 Å². The van der Waals surface area contributed by atoms with E-state index in [1.807, 2.05) is 36.4 Å². The van der Waals surface area contributed by atoms with Gasteiger partial charge >= 0.3 is 0 Å². The van der Waals surface area contributed by atoms with Gasteiger partial charge in [-0.25, -0.2) is 0 Å². The minimum Gasteiger partial charge on any atom is -0.490 e. The average Bonchev–Trinajstić information content (AvgIpc) is 2.43. The summed E-state index contributed by atoms with van der Waals surface area (Å²) in [6.07, 6.45) is 0. The van der Waals surface area contributed by atoms with Crippen molar-refractivity contribution in [1.29, 1.82) is 0 Å². The molecule has 0 amide bonds. The van der Waals surface area contributed by atoms with E-state index in [9.17, 15) is 0 Å². The van der Waals surface area contributed by atoms with Crippen molar-refractivity contribution in [2.75, 3.05) is 13.2 Å². The molecule has 0 spiro atoms. The molecule has 0 radical (unpaired) electrons. The molecule has 110 valence electrons. The number of rotatable bonds is 6. The van der Waals surface area contributed by atoms with E-state index in [1.165, 1.54) is 11.1 Å². The van der Waals surface area contributed by atoms with Gasteiger partial charge in [0.25, 0.3) is 0 Å². The first-order chi connectivity index (χ1) is 10.0. The van der Waals surface area contributed by atoms with Gasteiger partial charge in [-0.1, -0.05) is 18.3 Å². The number of benzene rings is 2. The van der Waals surface area contributed by atoms with Gasteiger partial charge in [0, 0.05) is 5.56 Å². The fourth-order valence-electron chi connectivity index (χ4n) is 2.05. The van der Waals surface area contributed by atoms with Gasteiger partial charge in [-0.15, -0.1) is 0 Å². The summed E-state index contributed by atoms with van der Waals surface area (Å²) in [4.78, 5) is 0.389. The van der Waals surface area contributed by atoms with Crippen molar-refractivity contribution in [2.45, 2.75) is 13.8 Å². The van der Waals surface area contributed by atoms with Crippen LogP contribution in [-0.4, -0.2) is 18.2 Å². The Hall–Kier alpha value is -2.07. The molecule has 0 saturated carbocycles. The van der Waals surface area contributed by atoms with Crippen molar-refractivity contribution in [3.63, 3.8) is 0 Å². The van der Waals surface area contributed by atoms with E-state index in [0.29, 0.717) is 18.2 Å². The van der Waals surface area contributed by atoms with Gasteiger partial charge in [-0.3, -0.25) is 0 Å². The van der Waals surface area contributed by atoms with E-state index in [4.69, 9.17) is 27.4 Å². The lowest BCUT2D eigenvalue weighted by Crippen LogP contribution is -2.10. The summed E-state index contributed by atoms with van der Waals surface area (Å²) < 4.78 is 11.3. The fraction of sp³-hybridized carbons (Fsp3) is 0.235. The zero-order chi connectivity index (χ0) is 15.2. The molecule has 2 aromatic rings. The SMILES string of the molecule is Cc1cc(C)cc(OCCOc2ccc(C(N)=S)cc2)c1. The van der Waals surface area contributed by atoms with Gasteiger partial charge in [0.2, 0.25) is 0 Å². The van der Waals surface area contributed by atoms with Crippen LogP contribution in [0.15, 0.2) is 42.5 Å². The molecule has 21 heavy (non-hydrogen) atoms. The quantitative estimate of drug-likeness (QED) is 0.656. The molecule has 4 heteroatoms. The number of aryl methyl sites for hydroxylation is 2. The van der Waals surface area contributed by atoms with Crippen LogP contribution in [0.25, 0.3) is 0 Å². The normalized spacial score (nSPS) is 10.2. The highest BCUT2D eigenvalue weighted by atomic mass is 32.1. The maximum absolute atomic E-state index is 5.69. The Labute approximate surface area is 130 Å². The maximum Gasteiger partial charge on any atom is 0.122 e. The third kappa shape index (κ3) is 4.76. The van der Waals surface area contributed by atoms with E-state index in [1.54, 1.807) is 0 Å².